The molecule has 1 aromatic carbocycles. The van der Waals surface area contributed by atoms with Gasteiger partial charge in [0.1, 0.15) is 11.5 Å². The minimum atomic E-state index is -0.316. The van der Waals surface area contributed by atoms with Crippen LogP contribution >= 0.6 is 0 Å². The minimum Gasteiger partial charge on any atom is -0.482 e. The second-order valence-electron chi connectivity index (χ2n) is 5.32. The van der Waals surface area contributed by atoms with Crippen molar-refractivity contribution < 1.29 is 19.1 Å². The van der Waals surface area contributed by atoms with Gasteiger partial charge in [0.15, 0.2) is 6.61 Å². The van der Waals surface area contributed by atoms with Gasteiger partial charge in [-0.2, -0.15) is 5.10 Å². The van der Waals surface area contributed by atoms with Gasteiger partial charge in [0.2, 0.25) is 5.91 Å². The molecule has 0 spiro atoms. The van der Waals surface area contributed by atoms with Gasteiger partial charge in [-0.25, -0.2) is 5.43 Å². The predicted octanol–water partition coefficient (Wildman–Crippen LogP) is -0.0760. The van der Waals surface area contributed by atoms with Crippen molar-refractivity contribution in [3.8, 4) is 5.75 Å². The van der Waals surface area contributed by atoms with E-state index in [0.29, 0.717) is 30.1 Å². The normalized spacial score (nSPS) is 16.9. The Hall–Kier alpha value is -2.90. The molecule has 120 valence electrons. The van der Waals surface area contributed by atoms with Crippen molar-refractivity contribution in [3.05, 3.63) is 23.8 Å². The highest BCUT2D eigenvalue weighted by atomic mass is 16.5. The summed E-state index contributed by atoms with van der Waals surface area (Å²) in [6, 6.07) is 5.41. The Bertz CT molecular complexity index is 713. The Morgan fingerprint density at radius 3 is 2.96 bits per heavy atom. The monoisotopic (exact) mass is 316 g/mol. The fraction of sp³-hybridized carbons (Fsp3) is 0.333. The number of carbonyl (C=O) groups excluding carboxylic acids is 3. The maximum absolute atomic E-state index is 12.0. The molecule has 2 N–H and O–H groups in total. The van der Waals surface area contributed by atoms with Crippen molar-refractivity contribution in [2.75, 3.05) is 18.6 Å². The number of hydrogen-bond donors (Lipinski definition) is 2. The summed E-state index contributed by atoms with van der Waals surface area (Å²) in [5.41, 5.74) is 4.11. The fourth-order valence-corrected chi connectivity index (χ4v) is 2.35. The zero-order valence-electron chi connectivity index (χ0n) is 12.6. The van der Waals surface area contributed by atoms with Crippen molar-refractivity contribution in [1.82, 2.24) is 10.7 Å². The number of fused-ring (bicyclic) bond motifs is 1. The molecule has 0 saturated carbocycles. The van der Waals surface area contributed by atoms with Gasteiger partial charge >= 0.3 is 0 Å². The Kier molecular flexibility index (Phi) is 3.96. The summed E-state index contributed by atoms with van der Waals surface area (Å²) in [7, 11) is 1.69. The third-order valence-corrected chi connectivity index (χ3v) is 3.73. The third kappa shape index (κ3) is 3.15. The number of anilines is 1. The molecular formula is C15H16N4O4. The lowest BCUT2D eigenvalue weighted by Gasteiger charge is -2.26. The molecule has 8 nitrogen and oxygen atoms in total. The van der Waals surface area contributed by atoms with E-state index in [-0.39, 0.29) is 30.7 Å². The number of nitrogens with one attached hydrogen (secondary N) is 2. The van der Waals surface area contributed by atoms with Crippen LogP contribution in [0.25, 0.3) is 0 Å². The average molecular weight is 316 g/mol. The van der Waals surface area contributed by atoms with E-state index < -0.39 is 0 Å². The number of hydrogen-bond acceptors (Lipinski definition) is 5. The van der Waals surface area contributed by atoms with Gasteiger partial charge in [0, 0.05) is 26.4 Å². The van der Waals surface area contributed by atoms with Crippen LogP contribution in [-0.4, -0.2) is 37.1 Å². The van der Waals surface area contributed by atoms with E-state index in [1.54, 1.807) is 19.2 Å². The van der Waals surface area contributed by atoms with E-state index in [4.69, 9.17) is 4.74 Å². The summed E-state index contributed by atoms with van der Waals surface area (Å²) in [5.74, 6) is 0.0138. The minimum absolute atomic E-state index is 0.0329. The van der Waals surface area contributed by atoms with Gasteiger partial charge in [-0.3, -0.25) is 14.4 Å². The summed E-state index contributed by atoms with van der Waals surface area (Å²) < 4.78 is 5.35. The lowest BCUT2D eigenvalue weighted by Crippen LogP contribution is -2.37. The molecule has 0 aliphatic carbocycles. The fourth-order valence-electron chi connectivity index (χ4n) is 2.35. The first-order valence-electron chi connectivity index (χ1n) is 7.20. The van der Waals surface area contributed by atoms with E-state index in [1.165, 1.54) is 4.90 Å². The summed E-state index contributed by atoms with van der Waals surface area (Å²) >= 11 is 0. The SMILES string of the molecule is CN1C(=O)COc2ccc(CNC(=O)C3=NNC(=O)CC3)cc21. The highest BCUT2D eigenvalue weighted by molar-refractivity contribution is 6.39. The number of carbonyl (C=O) groups is 3. The molecule has 0 saturated heterocycles. The highest BCUT2D eigenvalue weighted by Crippen LogP contribution is 2.31. The largest absolute Gasteiger partial charge is 0.482 e. The van der Waals surface area contributed by atoms with E-state index in [9.17, 15) is 14.4 Å². The maximum Gasteiger partial charge on any atom is 0.267 e. The second kappa shape index (κ2) is 6.07. The standard InChI is InChI=1S/C15H16N4O4/c1-19-11-6-9(2-4-12(11)23-8-14(19)21)7-16-15(22)10-3-5-13(20)18-17-10/h2,4,6H,3,5,7-8H2,1H3,(H,16,22)(H,18,20). The van der Waals surface area contributed by atoms with Crippen LogP contribution in [0.2, 0.25) is 0 Å². The number of nitrogens with zero attached hydrogens (tertiary/aromatic N) is 2. The molecule has 2 heterocycles. The zero-order valence-corrected chi connectivity index (χ0v) is 12.6. The molecule has 0 radical (unpaired) electrons. The average Bonchev–Trinajstić information content (AvgIpc) is 2.57. The van der Waals surface area contributed by atoms with Crippen LogP contribution in [0.15, 0.2) is 23.3 Å². The van der Waals surface area contributed by atoms with E-state index in [1.807, 2.05) is 6.07 Å². The molecule has 0 fully saturated rings. The number of rotatable bonds is 3. The van der Waals surface area contributed by atoms with Crippen LogP contribution in [0.5, 0.6) is 5.75 Å². The summed E-state index contributed by atoms with van der Waals surface area (Å²) in [6.07, 6.45) is 0.586. The molecule has 8 heteroatoms. The summed E-state index contributed by atoms with van der Waals surface area (Å²) in [6.45, 7) is 0.326. The molecule has 2 aliphatic heterocycles. The molecule has 0 atom stereocenters. The molecule has 0 aromatic heterocycles. The van der Waals surface area contributed by atoms with Gasteiger partial charge in [0.05, 0.1) is 5.69 Å². The first-order valence-corrected chi connectivity index (χ1v) is 7.20. The van der Waals surface area contributed by atoms with Crippen LogP contribution in [0, 0.1) is 0 Å². The van der Waals surface area contributed by atoms with E-state index in [2.05, 4.69) is 15.8 Å². The Morgan fingerprint density at radius 1 is 1.39 bits per heavy atom. The Balaban J connectivity index is 1.66. The first-order chi connectivity index (χ1) is 11.0. The van der Waals surface area contributed by atoms with E-state index >= 15 is 0 Å². The lowest BCUT2D eigenvalue weighted by atomic mass is 10.1. The Labute approximate surface area is 132 Å². The number of amides is 3. The van der Waals surface area contributed by atoms with Gasteiger partial charge in [0.25, 0.3) is 11.8 Å². The smallest absolute Gasteiger partial charge is 0.267 e. The van der Waals surface area contributed by atoms with Crippen LogP contribution in [-0.2, 0) is 20.9 Å². The van der Waals surface area contributed by atoms with Gasteiger partial charge < -0.3 is 15.0 Å². The quantitative estimate of drug-likeness (QED) is 0.815. The summed E-state index contributed by atoms with van der Waals surface area (Å²) in [4.78, 5) is 36.2. The Morgan fingerprint density at radius 2 is 2.22 bits per heavy atom. The second-order valence-corrected chi connectivity index (χ2v) is 5.32. The van der Waals surface area contributed by atoms with Gasteiger partial charge in [-0.05, 0) is 17.7 Å². The lowest BCUT2D eigenvalue weighted by molar-refractivity contribution is -0.122. The predicted molar refractivity (Wildman–Crippen MR) is 82.0 cm³/mol. The van der Waals surface area contributed by atoms with Crippen LogP contribution in [0.3, 0.4) is 0 Å². The third-order valence-electron chi connectivity index (χ3n) is 3.73. The van der Waals surface area contributed by atoms with Gasteiger partial charge in [-0.1, -0.05) is 6.07 Å². The molecule has 1 aromatic rings. The first kappa shape index (κ1) is 15.0. The zero-order chi connectivity index (χ0) is 16.4. The van der Waals surface area contributed by atoms with Gasteiger partial charge in [-0.15, -0.1) is 0 Å². The number of benzene rings is 1. The van der Waals surface area contributed by atoms with Crippen molar-refractivity contribution in [2.24, 2.45) is 5.10 Å². The van der Waals surface area contributed by atoms with Crippen molar-refractivity contribution >= 4 is 29.1 Å². The van der Waals surface area contributed by atoms with E-state index in [0.717, 1.165) is 5.56 Å². The topological polar surface area (TPSA) is 100 Å². The number of hydrazone groups is 1. The molecule has 3 amide bonds. The highest BCUT2D eigenvalue weighted by Gasteiger charge is 2.22. The molecular weight excluding hydrogens is 300 g/mol. The molecule has 23 heavy (non-hydrogen) atoms. The molecule has 3 rings (SSSR count). The number of likely N-dealkylation sites (N-methyl/N-ethyl adjacent to an activating group) is 1. The molecule has 2 aliphatic rings. The van der Waals surface area contributed by atoms with Crippen LogP contribution < -0.4 is 20.4 Å². The van der Waals surface area contributed by atoms with Crippen LogP contribution in [0.4, 0.5) is 5.69 Å². The maximum atomic E-state index is 12.0. The van der Waals surface area contributed by atoms with Crippen molar-refractivity contribution in [2.45, 2.75) is 19.4 Å². The molecule has 0 unspecified atom stereocenters. The van der Waals surface area contributed by atoms with Crippen LogP contribution in [0.1, 0.15) is 18.4 Å². The number of ether oxygens (including phenoxy) is 1. The van der Waals surface area contributed by atoms with Crippen molar-refractivity contribution in [3.63, 3.8) is 0 Å². The van der Waals surface area contributed by atoms with Crippen molar-refractivity contribution in [1.29, 1.82) is 0 Å². The summed E-state index contributed by atoms with van der Waals surface area (Å²) in [5, 5.41) is 6.50. The molecule has 0 bridgehead atoms.